The molecule has 0 unspecified atom stereocenters. The third kappa shape index (κ3) is 5.10. The SMILES string of the molecule is Cc1c(NC(=O)c2ccc(OCCC(F)(F)F)cc2)ccc2cc(C=O)cnc12. The van der Waals surface area contributed by atoms with Crippen LogP contribution in [0.25, 0.3) is 10.9 Å². The van der Waals surface area contributed by atoms with Gasteiger partial charge in [-0.15, -0.1) is 0 Å². The fourth-order valence-electron chi connectivity index (χ4n) is 2.75. The Labute approximate surface area is 164 Å². The number of pyridine rings is 1. The lowest BCUT2D eigenvalue weighted by atomic mass is 10.1. The third-order valence-corrected chi connectivity index (χ3v) is 4.28. The largest absolute Gasteiger partial charge is 0.493 e. The molecule has 0 aliphatic heterocycles. The number of hydrogen-bond acceptors (Lipinski definition) is 4. The average Bonchev–Trinajstić information content (AvgIpc) is 2.69. The van der Waals surface area contributed by atoms with Crippen LogP contribution in [0.15, 0.2) is 48.7 Å². The van der Waals surface area contributed by atoms with Crippen molar-refractivity contribution in [3.63, 3.8) is 0 Å². The number of rotatable bonds is 6. The molecule has 0 aliphatic carbocycles. The predicted octanol–water partition coefficient (Wildman–Crippen LogP) is 4.94. The van der Waals surface area contributed by atoms with E-state index in [9.17, 15) is 22.8 Å². The number of halogens is 3. The summed E-state index contributed by atoms with van der Waals surface area (Å²) >= 11 is 0. The molecule has 29 heavy (non-hydrogen) atoms. The van der Waals surface area contributed by atoms with Gasteiger partial charge in [-0.05, 0) is 48.9 Å². The molecule has 0 fully saturated rings. The Kier molecular flexibility index (Phi) is 5.81. The lowest BCUT2D eigenvalue weighted by Crippen LogP contribution is -2.14. The fraction of sp³-hybridized carbons (Fsp3) is 0.190. The number of fused-ring (bicyclic) bond motifs is 1. The number of aromatic nitrogens is 1. The molecule has 0 atom stereocenters. The lowest BCUT2D eigenvalue weighted by molar-refractivity contribution is -0.139. The van der Waals surface area contributed by atoms with Gasteiger partial charge in [-0.3, -0.25) is 14.6 Å². The minimum Gasteiger partial charge on any atom is -0.493 e. The first-order valence-corrected chi connectivity index (χ1v) is 8.72. The Morgan fingerprint density at radius 2 is 1.90 bits per heavy atom. The van der Waals surface area contributed by atoms with Crippen molar-refractivity contribution >= 4 is 28.8 Å². The van der Waals surface area contributed by atoms with Gasteiger partial charge in [0.25, 0.3) is 5.91 Å². The van der Waals surface area contributed by atoms with Crippen LogP contribution in [0.5, 0.6) is 5.75 Å². The molecule has 1 amide bonds. The Balaban J connectivity index is 1.70. The van der Waals surface area contributed by atoms with E-state index in [2.05, 4.69) is 10.3 Å². The first-order valence-electron chi connectivity index (χ1n) is 8.72. The van der Waals surface area contributed by atoms with Gasteiger partial charge in [0.1, 0.15) is 5.75 Å². The van der Waals surface area contributed by atoms with Crippen LogP contribution in [-0.2, 0) is 0 Å². The van der Waals surface area contributed by atoms with Crippen molar-refractivity contribution in [2.24, 2.45) is 0 Å². The zero-order valence-corrected chi connectivity index (χ0v) is 15.4. The van der Waals surface area contributed by atoms with Gasteiger partial charge in [0.05, 0.1) is 18.5 Å². The second-order valence-electron chi connectivity index (χ2n) is 6.39. The molecule has 1 N–H and O–H groups in total. The van der Waals surface area contributed by atoms with Gasteiger partial charge in [-0.25, -0.2) is 0 Å². The summed E-state index contributed by atoms with van der Waals surface area (Å²) in [5.41, 5.74) is 2.78. The highest BCUT2D eigenvalue weighted by Crippen LogP contribution is 2.25. The Morgan fingerprint density at radius 1 is 1.17 bits per heavy atom. The van der Waals surface area contributed by atoms with Crippen molar-refractivity contribution in [2.75, 3.05) is 11.9 Å². The van der Waals surface area contributed by atoms with E-state index in [1.54, 1.807) is 18.2 Å². The molecule has 0 aliphatic rings. The highest BCUT2D eigenvalue weighted by molar-refractivity contribution is 6.06. The van der Waals surface area contributed by atoms with Gasteiger partial charge in [-0.1, -0.05) is 6.07 Å². The maximum atomic E-state index is 12.5. The number of carbonyl (C=O) groups excluding carboxylic acids is 2. The number of anilines is 1. The number of carbonyl (C=O) groups is 2. The molecule has 3 rings (SSSR count). The number of alkyl halides is 3. The molecule has 1 aromatic heterocycles. The van der Waals surface area contributed by atoms with Crippen LogP contribution < -0.4 is 10.1 Å². The van der Waals surface area contributed by atoms with Crippen LogP contribution in [0.3, 0.4) is 0 Å². The molecule has 0 spiro atoms. The van der Waals surface area contributed by atoms with Crippen LogP contribution in [-0.4, -0.2) is 30.0 Å². The first kappa shape index (κ1) is 20.3. The molecule has 5 nitrogen and oxygen atoms in total. The summed E-state index contributed by atoms with van der Waals surface area (Å²) in [5.74, 6) is -0.123. The third-order valence-electron chi connectivity index (χ3n) is 4.28. The molecule has 0 bridgehead atoms. The summed E-state index contributed by atoms with van der Waals surface area (Å²) in [6.07, 6.45) is -3.14. The number of benzene rings is 2. The normalized spacial score (nSPS) is 11.3. The standard InChI is InChI=1S/C21H17F3N2O3/c1-13-18(7-4-16-10-14(12-27)11-25-19(13)16)26-20(28)15-2-5-17(6-3-15)29-9-8-21(22,23)24/h2-7,10-12H,8-9H2,1H3,(H,26,28). The number of nitrogens with one attached hydrogen (secondary N) is 1. The maximum Gasteiger partial charge on any atom is 0.392 e. The molecular formula is C21H17F3N2O3. The quantitative estimate of drug-likeness (QED) is 0.593. The highest BCUT2D eigenvalue weighted by Gasteiger charge is 2.26. The van der Waals surface area contributed by atoms with Gasteiger partial charge >= 0.3 is 6.18 Å². The molecule has 0 radical (unpaired) electrons. The number of amides is 1. The van der Waals surface area contributed by atoms with Gasteiger partial charge in [0.2, 0.25) is 0 Å². The van der Waals surface area contributed by atoms with Crippen LogP contribution in [0.4, 0.5) is 18.9 Å². The van der Waals surface area contributed by atoms with E-state index < -0.39 is 19.2 Å². The Hall–Kier alpha value is -3.42. The second kappa shape index (κ2) is 8.30. The maximum absolute atomic E-state index is 12.5. The van der Waals surface area contributed by atoms with Gasteiger partial charge in [0, 0.05) is 28.4 Å². The number of aldehydes is 1. The van der Waals surface area contributed by atoms with Gasteiger partial charge in [-0.2, -0.15) is 13.2 Å². The molecular weight excluding hydrogens is 385 g/mol. The molecule has 2 aromatic carbocycles. The summed E-state index contributed by atoms with van der Waals surface area (Å²) in [6, 6.07) is 11.0. The van der Waals surface area contributed by atoms with E-state index in [1.165, 1.54) is 30.5 Å². The van der Waals surface area contributed by atoms with E-state index in [0.29, 0.717) is 28.6 Å². The van der Waals surface area contributed by atoms with Crippen molar-refractivity contribution < 1.29 is 27.5 Å². The van der Waals surface area contributed by atoms with Crippen molar-refractivity contribution in [1.82, 2.24) is 4.98 Å². The van der Waals surface area contributed by atoms with E-state index in [4.69, 9.17) is 4.74 Å². The minimum atomic E-state index is -4.28. The van der Waals surface area contributed by atoms with Crippen LogP contribution in [0, 0.1) is 6.92 Å². The van der Waals surface area contributed by atoms with Crippen LogP contribution >= 0.6 is 0 Å². The van der Waals surface area contributed by atoms with Gasteiger partial charge in [0.15, 0.2) is 6.29 Å². The molecule has 150 valence electrons. The molecule has 0 saturated carbocycles. The lowest BCUT2D eigenvalue weighted by Gasteiger charge is -2.12. The highest BCUT2D eigenvalue weighted by atomic mass is 19.4. The van der Waals surface area contributed by atoms with E-state index in [0.717, 1.165) is 10.9 Å². The number of hydrogen-bond donors (Lipinski definition) is 1. The number of ether oxygens (including phenoxy) is 1. The summed E-state index contributed by atoms with van der Waals surface area (Å²) in [7, 11) is 0. The van der Waals surface area contributed by atoms with Crippen LogP contribution in [0.1, 0.15) is 32.7 Å². The average molecular weight is 402 g/mol. The van der Waals surface area contributed by atoms with Gasteiger partial charge < -0.3 is 10.1 Å². The van der Waals surface area contributed by atoms with E-state index >= 15 is 0 Å². The summed E-state index contributed by atoms with van der Waals surface area (Å²) in [6.45, 7) is 1.33. The number of nitrogens with zero attached hydrogens (tertiary/aromatic N) is 1. The van der Waals surface area contributed by atoms with Crippen molar-refractivity contribution in [3.05, 3.63) is 65.4 Å². The Bertz CT molecular complexity index is 1050. The summed E-state index contributed by atoms with van der Waals surface area (Å²) in [5, 5.41) is 3.57. The zero-order valence-electron chi connectivity index (χ0n) is 15.4. The molecule has 1 heterocycles. The number of aryl methyl sites for hydroxylation is 1. The monoisotopic (exact) mass is 402 g/mol. The zero-order chi connectivity index (χ0) is 21.0. The van der Waals surface area contributed by atoms with Crippen LogP contribution in [0.2, 0.25) is 0 Å². The van der Waals surface area contributed by atoms with E-state index in [-0.39, 0.29) is 11.7 Å². The second-order valence-corrected chi connectivity index (χ2v) is 6.39. The molecule has 3 aromatic rings. The van der Waals surface area contributed by atoms with E-state index in [1.807, 2.05) is 6.92 Å². The topological polar surface area (TPSA) is 68.3 Å². The minimum absolute atomic E-state index is 0.253. The summed E-state index contributed by atoms with van der Waals surface area (Å²) < 4.78 is 41.5. The van der Waals surface area contributed by atoms with Crippen molar-refractivity contribution in [1.29, 1.82) is 0 Å². The summed E-state index contributed by atoms with van der Waals surface area (Å²) in [4.78, 5) is 27.6. The molecule has 8 heteroatoms. The molecule has 0 saturated heterocycles. The van der Waals surface area contributed by atoms with Crippen molar-refractivity contribution in [2.45, 2.75) is 19.5 Å². The smallest absolute Gasteiger partial charge is 0.392 e. The Morgan fingerprint density at radius 3 is 2.55 bits per heavy atom. The predicted molar refractivity (Wildman–Crippen MR) is 102 cm³/mol. The first-order chi connectivity index (χ1) is 13.8. The fourth-order valence-corrected chi connectivity index (χ4v) is 2.75. The van der Waals surface area contributed by atoms with Crippen molar-refractivity contribution in [3.8, 4) is 5.75 Å².